The zero-order chi connectivity index (χ0) is 14.5. The van der Waals surface area contributed by atoms with Crippen LogP contribution >= 0.6 is 11.6 Å². The van der Waals surface area contributed by atoms with Crippen LogP contribution in [0.15, 0.2) is 30.3 Å². The van der Waals surface area contributed by atoms with Gasteiger partial charge in [-0.15, -0.1) is 0 Å². The van der Waals surface area contributed by atoms with Gasteiger partial charge in [0.05, 0.1) is 12.3 Å². The first-order valence-corrected chi connectivity index (χ1v) is 7.08. The molecule has 0 aliphatic rings. The van der Waals surface area contributed by atoms with Crippen LogP contribution in [0.3, 0.4) is 0 Å². The molecule has 0 N–H and O–H groups in total. The molecule has 0 saturated carbocycles. The van der Waals surface area contributed by atoms with Crippen LogP contribution in [0.1, 0.15) is 25.1 Å². The van der Waals surface area contributed by atoms with Crippen LogP contribution in [0.4, 0.5) is 0 Å². The van der Waals surface area contributed by atoms with Gasteiger partial charge in [0, 0.05) is 12.7 Å². The highest BCUT2D eigenvalue weighted by Gasteiger charge is 2.06. The Morgan fingerprint density at radius 3 is 2.45 bits per heavy atom. The molecule has 0 bridgehead atoms. The smallest absolute Gasteiger partial charge is 0.161 e. The molecule has 0 amide bonds. The molecule has 0 radical (unpaired) electrons. The first kappa shape index (κ1) is 14.9. The lowest BCUT2D eigenvalue weighted by atomic mass is 10.0. The van der Waals surface area contributed by atoms with E-state index in [1.165, 1.54) is 5.56 Å². The molecule has 3 nitrogen and oxygen atoms in total. The molecule has 20 heavy (non-hydrogen) atoms. The van der Waals surface area contributed by atoms with E-state index in [0.29, 0.717) is 23.5 Å². The minimum atomic E-state index is 0.431. The number of halogens is 1. The van der Waals surface area contributed by atoms with E-state index in [2.05, 4.69) is 35.9 Å². The second-order valence-corrected chi connectivity index (χ2v) is 5.62. The molecule has 0 spiro atoms. The van der Waals surface area contributed by atoms with Crippen LogP contribution in [-0.2, 0) is 17.8 Å². The zero-order valence-corrected chi connectivity index (χ0v) is 12.8. The standard InChI is InChI=1S/C16H19ClN2O/c1-11(2)8-12-4-6-13(7-5-12)16-18-14(10-20-3)9-15(17)19-16/h4-7,9,11H,8,10H2,1-3H3. The Morgan fingerprint density at radius 1 is 1.15 bits per heavy atom. The van der Waals surface area contributed by atoms with Gasteiger partial charge in [-0.25, -0.2) is 9.97 Å². The number of hydrogen-bond acceptors (Lipinski definition) is 3. The maximum atomic E-state index is 6.03. The lowest BCUT2D eigenvalue weighted by molar-refractivity contribution is 0.181. The number of ether oxygens (including phenoxy) is 1. The quantitative estimate of drug-likeness (QED) is 0.776. The largest absolute Gasteiger partial charge is 0.378 e. The van der Waals surface area contributed by atoms with Gasteiger partial charge >= 0.3 is 0 Å². The molecular weight excluding hydrogens is 272 g/mol. The van der Waals surface area contributed by atoms with Crippen molar-refractivity contribution < 1.29 is 4.74 Å². The topological polar surface area (TPSA) is 35.0 Å². The maximum absolute atomic E-state index is 6.03. The summed E-state index contributed by atoms with van der Waals surface area (Å²) in [5.74, 6) is 1.29. The second-order valence-electron chi connectivity index (χ2n) is 5.23. The van der Waals surface area contributed by atoms with Crippen LogP contribution in [0.5, 0.6) is 0 Å². The summed E-state index contributed by atoms with van der Waals surface area (Å²) in [5, 5.41) is 0.438. The van der Waals surface area contributed by atoms with Crippen LogP contribution < -0.4 is 0 Å². The predicted octanol–water partition coefficient (Wildman–Crippen LogP) is 4.14. The summed E-state index contributed by atoms with van der Waals surface area (Å²) >= 11 is 6.03. The van der Waals surface area contributed by atoms with Crippen LogP contribution in [0.2, 0.25) is 5.15 Å². The molecular formula is C16H19ClN2O. The van der Waals surface area contributed by atoms with Crippen molar-refractivity contribution in [3.05, 3.63) is 46.7 Å². The van der Waals surface area contributed by atoms with E-state index in [1.807, 2.05) is 12.1 Å². The number of rotatable bonds is 5. The lowest BCUT2D eigenvalue weighted by Crippen LogP contribution is -1.98. The summed E-state index contributed by atoms with van der Waals surface area (Å²) in [7, 11) is 1.64. The van der Waals surface area contributed by atoms with Crippen molar-refractivity contribution in [3.63, 3.8) is 0 Å². The monoisotopic (exact) mass is 290 g/mol. The van der Waals surface area contributed by atoms with Crippen molar-refractivity contribution in [3.8, 4) is 11.4 Å². The molecule has 0 fully saturated rings. The second kappa shape index (κ2) is 6.82. The van der Waals surface area contributed by atoms with Crippen molar-refractivity contribution >= 4 is 11.6 Å². The Hall–Kier alpha value is -1.45. The van der Waals surface area contributed by atoms with Crippen molar-refractivity contribution in [2.24, 2.45) is 5.92 Å². The van der Waals surface area contributed by atoms with Gasteiger partial charge in [-0.05, 0) is 24.0 Å². The van der Waals surface area contributed by atoms with E-state index in [4.69, 9.17) is 16.3 Å². The third-order valence-corrected chi connectivity index (χ3v) is 3.09. The highest BCUT2D eigenvalue weighted by molar-refractivity contribution is 6.29. The summed E-state index contributed by atoms with van der Waals surface area (Å²) in [6, 6.07) is 10.0. The van der Waals surface area contributed by atoms with E-state index < -0.39 is 0 Å². The first-order chi connectivity index (χ1) is 9.58. The molecule has 4 heteroatoms. The van der Waals surface area contributed by atoms with E-state index >= 15 is 0 Å². The highest BCUT2D eigenvalue weighted by Crippen LogP contribution is 2.20. The first-order valence-electron chi connectivity index (χ1n) is 6.70. The molecule has 2 rings (SSSR count). The van der Waals surface area contributed by atoms with Gasteiger partial charge in [0.2, 0.25) is 0 Å². The van der Waals surface area contributed by atoms with Gasteiger partial charge in [-0.2, -0.15) is 0 Å². The average molecular weight is 291 g/mol. The molecule has 1 aromatic heterocycles. The molecule has 0 aliphatic carbocycles. The minimum Gasteiger partial charge on any atom is -0.378 e. The number of methoxy groups -OCH3 is 1. The Morgan fingerprint density at radius 2 is 1.85 bits per heavy atom. The van der Waals surface area contributed by atoms with Crippen molar-refractivity contribution in [2.75, 3.05) is 7.11 Å². The molecule has 0 aliphatic heterocycles. The van der Waals surface area contributed by atoms with Crippen LogP contribution in [0.25, 0.3) is 11.4 Å². The van der Waals surface area contributed by atoms with E-state index in [1.54, 1.807) is 13.2 Å². The van der Waals surface area contributed by atoms with Gasteiger partial charge in [0.15, 0.2) is 5.82 Å². The summed E-state index contributed by atoms with van der Waals surface area (Å²) in [4.78, 5) is 8.74. The molecule has 0 atom stereocenters. The van der Waals surface area contributed by atoms with Crippen molar-refractivity contribution in [1.82, 2.24) is 9.97 Å². The van der Waals surface area contributed by atoms with Gasteiger partial charge in [0.1, 0.15) is 5.15 Å². The third-order valence-electron chi connectivity index (χ3n) is 2.90. The molecule has 106 valence electrons. The fourth-order valence-corrected chi connectivity index (χ4v) is 2.28. The van der Waals surface area contributed by atoms with Gasteiger partial charge in [-0.1, -0.05) is 49.7 Å². The molecule has 1 heterocycles. The SMILES string of the molecule is COCc1cc(Cl)nc(-c2ccc(CC(C)C)cc2)n1. The fourth-order valence-electron chi connectivity index (χ4n) is 2.08. The summed E-state index contributed by atoms with van der Waals surface area (Å²) in [6.07, 6.45) is 1.08. The molecule has 0 unspecified atom stereocenters. The third kappa shape index (κ3) is 4.02. The predicted molar refractivity (Wildman–Crippen MR) is 81.7 cm³/mol. The van der Waals surface area contributed by atoms with E-state index in [9.17, 15) is 0 Å². The van der Waals surface area contributed by atoms with Crippen molar-refractivity contribution in [1.29, 1.82) is 0 Å². The Balaban J connectivity index is 2.26. The summed E-state index contributed by atoms with van der Waals surface area (Å²) in [5.41, 5.74) is 3.08. The Labute approximate surface area is 125 Å². The number of nitrogens with zero attached hydrogens (tertiary/aromatic N) is 2. The van der Waals surface area contributed by atoms with Gasteiger partial charge in [0.25, 0.3) is 0 Å². The molecule has 2 aromatic rings. The number of benzene rings is 1. The normalized spacial score (nSPS) is 11.1. The summed E-state index contributed by atoms with van der Waals surface area (Å²) < 4.78 is 5.09. The molecule has 0 saturated heterocycles. The van der Waals surface area contributed by atoms with Crippen LogP contribution in [-0.4, -0.2) is 17.1 Å². The fraction of sp³-hybridized carbons (Fsp3) is 0.375. The van der Waals surface area contributed by atoms with Crippen molar-refractivity contribution in [2.45, 2.75) is 26.9 Å². The number of aromatic nitrogens is 2. The summed E-state index contributed by atoms with van der Waals surface area (Å²) in [6.45, 7) is 4.86. The highest BCUT2D eigenvalue weighted by atomic mass is 35.5. The van der Waals surface area contributed by atoms with Gasteiger partial charge < -0.3 is 4.74 Å². The maximum Gasteiger partial charge on any atom is 0.161 e. The van der Waals surface area contributed by atoms with E-state index in [-0.39, 0.29) is 0 Å². The average Bonchev–Trinajstić information content (AvgIpc) is 2.38. The molecule has 1 aromatic carbocycles. The Kier molecular flexibility index (Phi) is 5.10. The minimum absolute atomic E-state index is 0.431. The van der Waals surface area contributed by atoms with E-state index in [0.717, 1.165) is 17.7 Å². The zero-order valence-electron chi connectivity index (χ0n) is 12.1. The van der Waals surface area contributed by atoms with Gasteiger partial charge in [-0.3, -0.25) is 0 Å². The lowest BCUT2D eigenvalue weighted by Gasteiger charge is -2.07. The Bertz CT molecular complexity index is 567. The van der Waals surface area contributed by atoms with Crippen LogP contribution in [0, 0.1) is 5.92 Å². The number of hydrogen-bond donors (Lipinski definition) is 0.